The van der Waals surface area contributed by atoms with Crippen molar-refractivity contribution >= 4 is 34.8 Å². The fourth-order valence-corrected chi connectivity index (χ4v) is 4.24. The summed E-state index contributed by atoms with van der Waals surface area (Å²) in [6.07, 6.45) is 1.65. The third-order valence-corrected chi connectivity index (χ3v) is 5.61. The van der Waals surface area contributed by atoms with Crippen LogP contribution in [0.5, 0.6) is 5.75 Å². The van der Waals surface area contributed by atoms with Gasteiger partial charge in [-0.15, -0.1) is 11.8 Å². The monoisotopic (exact) mass is 419 g/mol. The van der Waals surface area contributed by atoms with Crippen LogP contribution in [0.1, 0.15) is 25.2 Å². The lowest BCUT2D eigenvalue weighted by Crippen LogP contribution is -2.31. The summed E-state index contributed by atoms with van der Waals surface area (Å²) in [5.41, 5.74) is 1.64. The zero-order valence-electron chi connectivity index (χ0n) is 16.7. The van der Waals surface area contributed by atoms with Gasteiger partial charge in [0.25, 0.3) is 11.8 Å². The average Bonchev–Trinajstić information content (AvgIpc) is 3.33. The number of anilines is 1. The summed E-state index contributed by atoms with van der Waals surface area (Å²) in [6, 6.07) is 19.9. The second-order valence-corrected chi connectivity index (χ2v) is 8.03. The molecule has 5 nitrogen and oxygen atoms in total. The number of furan rings is 1. The van der Waals surface area contributed by atoms with Crippen molar-refractivity contribution in [1.82, 2.24) is 0 Å². The van der Waals surface area contributed by atoms with E-state index in [0.717, 1.165) is 11.5 Å². The molecular weight excluding hydrogens is 398 g/mol. The summed E-state index contributed by atoms with van der Waals surface area (Å²) >= 11 is 1.31. The molecule has 1 aromatic heterocycles. The normalized spacial score (nSPS) is 14.2. The van der Waals surface area contributed by atoms with Gasteiger partial charge >= 0.3 is 0 Å². The standard InChI is InChI=1S/C24H21NO4S/c1-16(2)29-19-12-10-17(11-13-19)21-22(30-15-20-9-6-14-28-20)24(27)25(23(21)26)18-7-4-3-5-8-18/h3-14,16H,15H2,1-2H3. The minimum Gasteiger partial charge on any atom is -0.491 e. The van der Waals surface area contributed by atoms with E-state index >= 15 is 0 Å². The highest BCUT2D eigenvalue weighted by atomic mass is 32.2. The number of benzene rings is 2. The highest BCUT2D eigenvalue weighted by Crippen LogP contribution is 2.39. The molecule has 2 amide bonds. The maximum Gasteiger partial charge on any atom is 0.272 e. The molecule has 0 aliphatic carbocycles. The third kappa shape index (κ3) is 4.04. The molecule has 0 radical (unpaired) electrons. The van der Waals surface area contributed by atoms with Gasteiger partial charge in [0.1, 0.15) is 11.5 Å². The largest absolute Gasteiger partial charge is 0.491 e. The molecule has 2 aromatic carbocycles. The van der Waals surface area contributed by atoms with Crippen LogP contribution in [0, 0.1) is 0 Å². The molecule has 0 bridgehead atoms. The number of thioether (sulfide) groups is 1. The first-order valence-corrected chi connectivity index (χ1v) is 10.6. The van der Waals surface area contributed by atoms with Crippen LogP contribution >= 0.6 is 11.8 Å². The van der Waals surface area contributed by atoms with Crippen LogP contribution in [0.25, 0.3) is 5.57 Å². The molecule has 1 aliphatic rings. The number of amides is 2. The predicted molar refractivity (Wildman–Crippen MR) is 118 cm³/mol. The lowest BCUT2D eigenvalue weighted by molar-refractivity contribution is -0.119. The maximum atomic E-state index is 13.3. The first-order chi connectivity index (χ1) is 14.5. The van der Waals surface area contributed by atoms with Gasteiger partial charge in [0.05, 0.1) is 34.3 Å². The smallest absolute Gasteiger partial charge is 0.272 e. The van der Waals surface area contributed by atoms with Crippen molar-refractivity contribution in [2.24, 2.45) is 0 Å². The van der Waals surface area contributed by atoms with E-state index in [0.29, 0.717) is 27.5 Å². The van der Waals surface area contributed by atoms with Crippen molar-refractivity contribution in [1.29, 1.82) is 0 Å². The van der Waals surface area contributed by atoms with Gasteiger partial charge < -0.3 is 9.15 Å². The molecule has 0 saturated heterocycles. The molecule has 152 valence electrons. The number of carbonyl (C=O) groups excluding carboxylic acids is 2. The molecule has 0 unspecified atom stereocenters. The Bertz CT molecular complexity index is 1070. The summed E-state index contributed by atoms with van der Waals surface area (Å²) < 4.78 is 11.1. The summed E-state index contributed by atoms with van der Waals surface area (Å²) in [4.78, 5) is 28.2. The quantitative estimate of drug-likeness (QED) is 0.487. The minimum absolute atomic E-state index is 0.0535. The van der Waals surface area contributed by atoms with Crippen LogP contribution in [0.15, 0.2) is 82.3 Å². The van der Waals surface area contributed by atoms with E-state index in [-0.39, 0.29) is 17.9 Å². The van der Waals surface area contributed by atoms with Crippen molar-refractivity contribution in [3.63, 3.8) is 0 Å². The average molecular weight is 420 g/mol. The highest BCUT2D eigenvalue weighted by molar-refractivity contribution is 8.03. The molecule has 6 heteroatoms. The Morgan fingerprint density at radius 3 is 2.30 bits per heavy atom. The Hall–Kier alpha value is -3.25. The van der Waals surface area contributed by atoms with Crippen LogP contribution < -0.4 is 9.64 Å². The van der Waals surface area contributed by atoms with Gasteiger partial charge in [-0.3, -0.25) is 9.59 Å². The van der Waals surface area contributed by atoms with Gasteiger partial charge in [-0.05, 0) is 55.8 Å². The molecule has 0 saturated carbocycles. The molecule has 0 atom stereocenters. The Labute approximate surface area is 179 Å². The van der Waals surface area contributed by atoms with Gasteiger partial charge in [-0.1, -0.05) is 30.3 Å². The molecule has 4 rings (SSSR count). The first-order valence-electron chi connectivity index (χ1n) is 9.65. The van der Waals surface area contributed by atoms with Crippen molar-refractivity contribution in [2.75, 3.05) is 4.90 Å². The second-order valence-electron chi connectivity index (χ2n) is 7.04. The topological polar surface area (TPSA) is 59.8 Å². The fraction of sp³-hybridized carbons (Fsp3) is 0.167. The van der Waals surface area contributed by atoms with Gasteiger partial charge in [0.2, 0.25) is 0 Å². The third-order valence-electron chi connectivity index (χ3n) is 4.51. The number of rotatable bonds is 7. The van der Waals surface area contributed by atoms with Crippen molar-refractivity contribution < 1.29 is 18.7 Å². The summed E-state index contributed by atoms with van der Waals surface area (Å²) in [5.74, 6) is 1.27. The molecule has 30 heavy (non-hydrogen) atoms. The van der Waals surface area contributed by atoms with E-state index < -0.39 is 0 Å². The van der Waals surface area contributed by atoms with Crippen molar-refractivity contribution in [3.8, 4) is 5.75 Å². The first kappa shape index (κ1) is 20.0. The Morgan fingerprint density at radius 2 is 1.67 bits per heavy atom. The van der Waals surface area contributed by atoms with Crippen molar-refractivity contribution in [3.05, 3.63) is 89.2 Å². The molecule has 0 N–H and O–H groups in total. The number of imide groups is 1. The van der Waals surface area contributed by atoms with Crippen molar-refractivity contribution in [2.45, 2.75) is 25.7 Å². The Kier molecular flexibility index (Phi) is 5.77. The molecule has 0 fully saturated rings. The zero-order chi connectivity index (χ0) is 21.1. The summed E-state index contributed by atoms with van der Waals surface area (Å²) in [7, 11) is 0. The molecule has 0 spiro atoms. The van der Waals surface area contributed by atoms with Gasteiger partial charge in [0.15, 0.2) is 0 Å². The lowest BCUT2D eigenvalue weighted by atomic mass is 10.1. The number of hydrogen-bond donors (Lipinski definition) is 0. The molecular formula is C24H21NO4S. The van der Waals surface area contributed by atoms with E-state index in [1.807, 2.05) is 62.4 Å². The van der Waals surface area contributed by atoms with E-state index in [2.05, 4.69) is 0 Å². The minimum atomic E-state index is -0.328. The van der Waals surface area contributed by atoms with E-state index in [1.54, 1.807) is 24.5 Å². The summed E-state index contributed by atoms with van der Waals surface area (Å²) in [6.45, 7) is 3.91. The van der Waals surface area contributed by atoms with E-state index in [9.17, 15) is 9.59 Å². The highest BCUT2D eigenvalue weighted by Gasteiger charge is 2.40. The SMILES string of the molecule is CC(C)Oc1ccc(C2=C(SCc3ccco3)C(=O)N(c3ccccc3)C2=O)cc1. The molecule has 2 heterocycles. The Balaban J connectivity index is 1.70. The van der Waals surface area contributed by atoms with E-state index in [4.69, 9.17) is 9.15 Å². The lowest BCUT2D eigenvalue weighted by Gasteiger charge is -2.15. The number of para-hydroxylation sites is 1. The van der Waals surface area contributed by atoms with Crippen LogP contribution in [0.4, 0.5) is 5.69 Å². The second kappa shape index (κ2) is 8.63. The predicted octanol–water partition coefficient (Wildman–Crippen LogP) is 5.28. The maximum absolute atomic E-state index is 13.3. The van der Waals surface area contributed by atoms with Crippen LogP contribution in [0.3, 0.4) is 0 Å². The zero-order valence-corrected chi connectivity index (χ0v) is 17.5. The van der Waals surface area contributed by atoms with Crippen LogP contribution in [-0.4, -0.2) is 17.9 Å². The number of carbonyl (C=O) groups is 2. The number of nitrogens with zero attached hydrogens (tertiary/aromatic N) is 1. The fourth-order valence-electron chi connectivity index (χ4n) is 3.22. The number of ether oxygens (including phenoxy) is 1. The van der Waals surface area contributed by atoms with Crippen LogP contribution in [0.2, 0.25) is 0 Å². The van der Waals surface area contributed by atoms with E-state index in [1.165, 1.54) is 16.7 Å². The van der Waals surface area contributed by atoms with Crippen LogP contribution in [-0.2, 0) is 15.3 Å². The molecule has 3 aromatic rings. The Morgan fingerprint density at radius 1 is 0.933 bits per heavy atom. The van der Waals surface area contributed by atoms with Gasteiger partial charge in [-0.25, -0.2) is 4.90 Å². The van der Waals surface area contributed by atoms with Gasteiger partial charge in [-0.2, -0.15) is 0 Å². The number of hydrogen-bond acceptors (Lipinski definition) is 5. The molecule has 1 aliphatic heterocycles. The van der Waals surface area contributed by atoms with Gasteiger partial charge in [0, 0.05) is 0 Å². The summed E-state index contributed by atoms with van der Waals surface area (Å²) in [5, 5.41) is 0.